The van der Waals surface area contributed by atoms with Crippen molar-refractivity contribution < 1.29 is 15.0 Å². The first kappa shape index (κ1) is 10.9. The molecule has 0 aliphatic heterocycles. The molecule has 0 unspecified atom stereocenters. The Bertz CT molecular complexity index is 310. The van der Waals surface area contributed by atoms with Gasteiger partial charge < -0.3 is 10.2 Å². The molecule has 3 nitrogen and oxygen atoms in total. The summed E-state index contributed by atoms with van der Waals surface area (Å²) in [5, 5.41) is 19.1. The molecular formula is C12H20O3. The Kier molecular flexibility index (Phi) is 2.01. The van der Waals surface area contributed by atoms with E-state index in [1.807, 2.05) is 0 Å². The van der Waals surface area contributed by atoms with Gasteiger partial charge in [-0.2, -0.15) is 0 Å². The van der Waals surface area contributed by atoms with Crippen molar-refractivity contribution in [1.29, 1.82) is 0 Å². The summed E-state index contributed by atoms with van der Waals surface area (Å²) in [6, 6.07) is 0. The van der Waals surface area contributed by atoms with E-state index in [1.54, 1.807) is 0 Å². The molecule has 2 bridgehead atoms. The first-order valence-corrected chi connectivity index (χ1v) is 5.65. The van der Waals surface area contributed by atoms with Crippen molar-refractivity contribution in [2.45, 2.75) is 52.6 Å². The molecule has 0 saturated heterocycles. The highest BCUT2D eigenvalue weighted by atomic mass is 16.4. The molecular weight excluding hydrogens is 192 g/mol. The minimum atomic E-state index is -0.735. The quantitative estimate of drug-likeness (QED) is 0.736. The van der Waals surface area contributed by atoms with Gasteiger partial charge in [0.15, 0.2) is 0 Å². The molecule has 15 heavy (non-hydrogen) atoms. The van der Waals surface area contributed by atoms with Crippen molar-refractivity contribution in [2.75, 3.05) is 0 Å². The number of rotatable bonds is 2. The Balaban J connectivity index is 2.40. The van der Waals surface area contributed by atoms with E-state index < -0.39 is 5.97 Å². The van der Waals surface area contributed by atoms with Gasteiger partial charge in [0.05, 0.1) is 12.5 Å². The number of aliphatic hydroxyl groups is 1. The second-order valence-corrected chi connectivity index (χ2v) is 6.11. The monoisotopic (exact) mass is 212 g/mol. The molecule has 2 saturated carbocycles. The van der Waals surface area contributed by atoms with Crippen molar-refractivity contribution in [2.24, 2.45) is 16.2 Å². The van der Waals surface area contributed by atoms with Crippen molar-refractivity contribution in [3.05, 3.63) is 0 Å². The summed E-state index contributed by atoms with van der Waals surface area (Å²) in [7, 11) is 0. The van der Waals surface area contributed by atoms with Gasteiger partial charge >= 0.3 is 5.97 Å². The number of hydrogen-bond donors (Lipinski definition) is 2. The summed E-state index contributed by atoms with van der Waals surface area (Å²) in [5.74, 6) is -0.735. The number of fused-ring (bicyclic) bond motifs is 2. The summed E-state index contributed by atoms with van der Waals surface area (Å²) in [4.78, 5) is 11.0. The Hall–Kier alpha value is -0.570. The Morgan fingerprint density at radius 1 is 1.33 bits per heavy atom. The average molecular weight is 212 g/mol. The molecule has 2 rings (SSSR count). The molecule has 0 aromatic carbocycles. The molecule has 0 aromatic rings. The Labute approximate surface area is 90.5 Å². The van der Waals surface area contributed by atoms with Crippen LogP contribution in [0.15, 0.2) is 0 Å². The number of hydrogen-bond acceptors (Lipinski definition) is 2. The van der Waals surface area contributed by atoms with Crippen molar-refractivity contribution in [3.63, 3.8) is 0 Å². The molecule has 2 fully saturated rings. The fraction of sp³-hybridized carbons (Fsp3) is 0.917. The largest absolute Gasteiger partial charge is 0.481 e. The van der Waals surface area contributed by atoms with Crippen LogP contribution in [-0.2, 0) is 4.79 Å². The van der Waals surface area contributed by atoms with Crippen LogP contribution < -0.4 is 0 Å². The maximum absolute atomic E-state index is 11.0. The zero-order chi connectivity index (χ0) is 11.5. The summed E-state index contributed by atoms with van der Waals surface area (Å²) in [5.41, 5.74) is -0.354. The third-order valence-corrected chi connectivity index (χ3v) is 5.69. The van der Waals surface area contributed by atoms with Crippen molar-refractivity contribution >= 4 is 5.97 Å². The van der Waals surface area contributed by atoms with Crippen LogP contribution in [0, 0.1) is 16.2 Å². The molecule has 0 amide bonds. The zero-order valence-electron chi connectivity index (χ0n) is 9.71. The van der Waals surface area contributed by atoms with Gasteiger partial charge in [-0.1, -0.05) is 20.8 Å². The van der Waals surface area contributed by atoms with E-state index >= 15 is 0 Å². The van der Waals surface area contributed by atoms with Crippen molar-refractivity contribution in [3.8, 4) is 0 Å². The predicted octanol–water partition coefficient (Wildman–Crippen LogP) is 2.04. The second-order valence-electron chi connectivity index (χ2n) is 6.11. The van der Waals surface area contributed by atoms with Crippen LogP contribution in [0.1, 0.15) is 46.5 Å². The van der Waals surface area contributed by atoms with E-state index in [-0.39, 0.29) is 28.8 Å². The highest BCUT2D eigenvalue weighted by Crippen LogP contribution is 2.73. The highest BCUT2D eigenvalue weighted by molar-refractivity contribution is 5.68. The molecule has 2 aliphatic rings. The van der Waals surface area contributed by atoms with Crippen LogP contribution in [0.2, 0.25) is 0 Å². The lowest BCUT2D eigenvalue weighted by Gasteiger charge is -2.40. The van der Waals surface area contributed by atoms with Gasteiger partial charge in [-0.3, -0.25) is 4.79 Å². The third kappa shape index (κ3) is 1.07. The first-order chi connectivity index (χ1) is 6.75. The summed E-state index contributed by atoms with van der Waals surface area (Å²) in [6.07, 6.45) is 2.42. The lowest BCUT2D eigenvalue weighted by Crippen LogP contribution is -2.37. The van der Waals surface area contributed by atoms with Crippen LogP contribution in [0.3, 0.4) is 0 Å². The lowest BCUT2D eigenvalue weighted by atomic mass is 9.64. The standard InChI is InChI=1S/C12H20O3/c1-10(2)11(3)4-5-12(10,6-8(11)13)7-9(14)15/h8,13H,4-7H2,1-3H3,(H,14,15)/t8-,11-,12-/m0/s1. The molecule has 86 valence electrons. The first-order valence-electron chi connectivity index (χ1n) is 5.65. The number of carboxylic acids is 1. The molecule has 3 heteroatoms. The van der Waals surface area contributed by atoms with Crippen LogP contribution >= 0.6 is 0 Å². The lowest BCUT2D eigenvalue weighted by molar-refractivity contribution is -0.141. The molecule has 0 spiro atoms. The summed E-state index contributed by atoms with van der Waals surface area (Å²) >= 11 is 0. The van der Waals surface area contributed by atoms with Crippen LogP contribution in [0.25, 0.3) is 0 Å². The molecule has 0 aromatic heterocycles. The SMILES string of the molecule is CC1(C)[C@@]2(CC(=O)O)CC[C@@]1(C)[C@@H](O)C2. The van der Waals surface area contributed by atoms with E-state index in [0.29, 0.717) is 6.42 Å². The van der Waals surface area contributed by atoms with Gasteiger partial charge in [0.25, 0.3) is 0 Å². The maximum Gasteiger partial charge on any atom is 0.303 e. The van der Waals surface area contributed by atoms with Crippen LogP contribution in [-0.4, -0.2) is 22.3 Å². The van der Waals surface area contributed by atoms with E-state index in [0.717, 1.165) is 12.8 Å². The summed E-state index contributed by atoms with van der Waals surface area (Å²) in [6.45, 7) is 6.35. The smallest absolute Gasteiger partial charge is 0.303 e. The minimum absolute atomic E-state index is 0.0716. The number of carbonyl (C=O) groups is 1. The predicted molar refractivity (Wildman–Crippen MR) is 56.4 cm³/mol. The zero-order valence-corrected chi connectivity index (χ0v) is 9.71. The molecule has 2 N–H and O–H groups in total. The molecule has 2 aliphatic carbocycles. The van der Waals surface area contributed by atoms with Gasteiger partial charge in [0.1, 0.15) is 0 Å². The van der Waals surface area contributed by atoms with E-state index in [1.165, 1.54) is 0 Å². The van der Waals surface area contributed by atoms with Gasteiger partial charge in [-0.05, 0) is 35.5 Å². The highest BCUT2D eigenvalue weighted by Gasteiger charge is 2.69. The van der Waals surface area contributed by atoms with Gasteiger partial charge in [-0.25, -0.2) is 0 Å². The van der Waals surface area contributed by atoms with Crippen LogP contribution in [0.4, 0.5) is 0 Å². The van der Waals surface area contributed by atoms with Gasteiger partial charge in [0, 0.05) is 0 Å². The normalized spacial score (nSPS) is 47.1. The fourth-order valence-electron chi connectivity index (χ4n) is 3.94. The van der Waals surface area contributed by atoms with Crippen LogP contribution in [0.5, 0.6) is 0 Å². The average Bonchev–Trinajstić information content (AvgIpc) is 2.33. The maximum atomic E-state index is 11.0. The summed E-state index contributed by atoms with van der Waals surface area (Å²) < 4.78 is 0. The topological polar surface area (TPSA) is 57.5 Å². The van der Waals surface area contributed by atoms with E-state index in [2.05, 4.69) is 20.8 Å². The number of aliphatic carboxylic acids is 1. The van der Waals surface area contributed by atoms with E-state index in [4.69, 9.17) is 5.11 Å². The Morgan fingerprint density at radius 3 is 2.27 bits per heavy atom. The number of carboxylic acid groups (broad SMARTS) is 1. The molecule has 0 radical (unpaired) electrons. The van der Waals surface area contributed by atoms with Gasteiger partial charge in [0.2, 0.25) is 0 Å². The fourth-order valence-corrected chi connectivity index (χ4v) is 3.94. The Morgan fingerprint density at radius 2 is 1.93 bits per heavy atom. The van der Waals surface area contributed by atoms with Gasteiger partial charge in [-0.15, -0.1) is 0 Å². The number of aliphatic hydroxyl groups excluding tert-OH is 1. The second kappa shape index (κ2) is 2.76. The molecule has 0 heterocycles. The van der Waals surface area contributed by atoms with Crippen molar-refractivity contribution in [1.82, 2.24) is 0 Å². The third-order valence-electron chi connectivity index (χ3n) is 5.69. The van der Waals surface area contributed by atoms with E-state index in [9.17, 15) is 9.90 Å². The molecule has 3 atom stereocenters. The minimum Gasteiger partial charge on any atom is -0.481 e.